The van der Waals surface area contributed by atoms with Gasteiger partial charge < -0.3 is 9.88 Å². The van der Waals surface area contributed by atoms with Gasteiger partial charge in [0.15, 0.2) is 5.16 Å². The molecule has 0 saturated heterocycles. The van der Waals surface area contributed by atoms with Crippen molar-refractivity contribution in [2.24, 2.45) is 0 Å². The number of amides is 1. The van der Waals surface area contributed by atoms with Crippen molar-refractivity contribution in [3.8, 4) is 0 Å². The average molecular weight is 373 g/mol. The Balaban J connectivity index is 1.63. The van der Waals surface area contributed by atoms with Crippen molar-refractivity contribution in [2.45, 2.75) is 70.5 Å². The number of anilines is 1. The molecule has 1 aliphatic carbocycles. The lowest BCUT2D eigenvalue weighted by atomic mass is 9.89. The van der Waals surface area contributed by atoms with Crippen LogP contribution in [0.25, 0.3) is 0 Å². The predicted molar refractivity (Wildman–Crippen MR) is 107 cm³/mol. The predicted octanol–water partition coefficient (Wildman–Crippen LogP) is 4.69. The van der Waals surface area contributed by atoms with Crippen LogP contribution in [0.1, 0.15) is 61.9 Å². The van der Waals surface area contributed by atoms with Gasteiger partial charge in [-0.25, -0.2) is 0 Å². The van der Waals surface area contributed by atoms with E-state index in [1.807, 2.05) is 19.1 Å². The van der Waals surface area contributed by atoms with Gasteiger partial charge in [-0.05, 0) is 50.8 Å². The lowest BCUT2D eigenvalue weighted by molar-refractivity contribution is -0.113. The van der Waals surface area contributed by atoms with E-state index in [1.165, 1.54) is 49.4 Å². The summed E-state index contributed by atoms with van der Waals surface area (Å²) in [6.07, 6.45) is 6.30. The van der Waals surface area contributed by atoms with E-state index in [1.54, 1.807) is 0 Å². The highest BCUT2D eigenvalue weighted by Gasteiger charge is 2.23. The van der Waals surface area contributed by atoms with Gasteiger partial charge in [-0.2, -0.15) is 0 Å². The van der Waals surface area contributed by atoms with Crippen LogP contribution in [0.4, 0.5) is 5.69 Å². The van der Waals surface area contributed by atoms with Crippen LogP contribution < -0.4 is 5.32 Å². The third kappa shape index (κ3) is 4.29. The van der Waals surface area contributed by atoms with E-state index in [2.05, 4.69) is 40.0 Å². The van der Waals surface area contributed by atoms with Gasteiger partial charge >= 0.3 is 0 Å². The first-order chi connectivity index (χ1) is 12.6. The van der Waals surface area contributed by atoms with Gasteiger partial charge in [0.25, 0.3) is 0 Å². The minimum atomic E-state index is -0.00595. The number of aryl methyl sites for hydroxylation is 1. The maximum absolute atomic E-state index is 12.4. The minimum absolute atomic E-state index is 0.00595. The molecule has 0 aliphatic heterocycles. The van der Waals surface area contributed by atoms with Crippen molar-refractivity contribution in [1.29, 1.82) is 0 Å². The van der Waals surface area contributed by atoms with Crippen molar-refractivity contribution in [3.05, 3.63) is 35.2 Å². The number of rotatable bonds is 6. The average Bonchev–Trinajstić information content (AvgIpc) is 3.07. The summed E-state index contributed by atoms with van der Waals surface area (Å²) >= 11 is 1.47. The second-order valence-electron chi connectivity index (χ2n) is 7.00. The van der Waals surface area contributed by atoms with E-state index in [0.29, 0.717) is 11.7 Å². The van der Waals surface area contributed by atoms with Crippen LogP contribution in [0.2, 0.25) is 0 Å². The Labute approximate surface area is 160 Å². The maximum atomic E-state index is 12.4. The van der Waals surface area contributed by atoms with Gasteiger partial charge in [0, 0.05) is 18.2 Å². The molecule has 0 unspecified atom stereocenters. The molecule has 1 N–H and O–H groups in total. The highest BCUT2D eigenvalue weighted by Crippen LogP contribution is 2.33. The van der Waals surface area contributed by atoms with E-state index in [0.717, 1.165) is 28.8 Å². The molecule has 1 aromatic heterocycles. The molecule has 1 amide bonds. The second kappa shape index (κ2) is 8.71. The normalized spacial score (nSPS) is 15.2. The molecule has 26 heavy (non-hydrogen) atoms. The molecule has 3 rings (SSSR count). The summed E-state index contributed by atoms with van der Waals surface area (Å²) in [6.45, 7) is 7.05. The molecular formula is C20H28N4OS. The first-order valence-corrected chi connectivity index (χ1v) is 10.5. The van der Waals surface area contributed by atoms with E-state index >= 15 is 0 Å². The van der Waals surface area contributed by atoms with Crippen LogP contribution in [0.5, 0.6) is 0 Å². The fourth-order valence-electron chi connectivity index (χ4n) is 3.57. The number of carbonyl (C=O) groups is 1. The highest BCUT2D eigenvalue weighted by molar-refractivity contribution is 7.99. The molecule has 0 radical (unpaired) electrons. The van der Waals surface area contributed by atoms with Crippen molar-refractivity contribution in [2.75, 3.05) is 11.1 Å². The molecule has 1 aromatic carbocycles. The topological polar surface area (TPSA) is 59.8 Å². The number of nitrogens with one attached hydrogen (secondary N) is 1. The molecule has 5 nitrogen and oxygen atoms in total. The molecule has 6 heteroatoms. The molecule has 0 bridgehead atoms. The summed E-state index contributed by atoms with van der Waals surface area (Å²) in [4.78, 5) is 12.4. The van der Waals surface area contributed by atoms with Crippen LogP contribution in [-0.4, -0.2) is 26.4 Å². The Morgan fingerprint density at radius 2 is 2.00 bits per heavy atom. The quantitative estimate of drug-likeness (QED) is 0.747. The molecule has 1 fully saturated rings. The summed E-state index contributed by atoms with van der Waals surface area (Å²) in [5.74, 6) is 1.96. The van der Waals surface area contributed by atoms with E-state index in [-0.39, 0.29) is 5.91 Å². The van der Waals surface area contributed by atoms with Crippen LogP contribution >= 0.6 is 11.8 Å². The lowest BCUT2D eigenvalue weighted by Crippen LogP contribution is -2.16. The number of hydrogen-bond donors (Lipinski definition) is 1. The summed E-state index contributed by atoms with van der Waals surface area (Å²) in [5, 5.41) is 12.7. The largest absolute Gasteiger partial charge is 0.325 e. The summed E-state index contributed by atoms with van der Waals surface area (Å²) in [5.41, 5.74) is 3.18. The molecular weight excluding hydrogens is 344 g/mol. The van der Waals surface area contributed by atoms with Crippen LogP contribution in [0.15, 0.2) is 23.4 Å². The number of benzene rings is 1. The van der Waals surface area contributed by atoms with Crippen molar-refractivity contribution >= 4 is 23.4 Å². The van der Waals surface area contributed by atoms with Gasteiger partial charge in [0.1, 0.15) is 5.82 Å². The van der Waals surface area contributed by atoms with Crippen LogP contribution in [-0.2, 0) is 11.3 Å². The first kappa shape index (κ1) is 19.0. The fraction of sp³-hybridized carbons (Fsp3) is 0.550. The van der Waals surface area contributed by atoms with Crippen molar-refractivity contribution < 1.29 is 4.79 Å². The van der Waals surface area contributed by atoms with E-state index in [4.69, 9.17) is 0 Å². The Bertz CT molecular complexity index is 765. The monoisotopic (exact) mass is 372 g/mol. The fourth-order valence-corrected chi connectivity index (χ4v) is 4.38. The van der Waals surface area contributed by atoms with Crippen molar-refractivity contribution in [1.82, 2.24) is 14.8 Å². The number of thioether (sulfide) groups is 1. The Morgan fingerprint density at radius 1 is 1.23 bits per heavy atom. The smallest absolute Gasteiger partial charge is 0.234 e. The summed E-state index contributed by atoms with van der Waals surface area (Å²) < 4.78 is 2.19. The van der Waals surface area contributed by atoms with E-state index in [9.17, 15) is 4.79 Å². The van der Waals surface area contributed by atoms with Gasteiger partial charge in [-0.3, -0.25) is 4.79 Å². The molecule has 1 aliphatic rings. The minimum Gasteiger partial charge on any atom is -0.325 e. The third-order valence-corrected chi connectivity index (χ3v) is 6.21. The summed E-state index contributed by atoms with van der Waals surface area (Å²) in [6, 6.07) is 5.96. The van der Waals surface area contributed by atoms with Gasteiger partial charge in [0.05, 0.1) is 5.75 Å². The number of hydrogen-bond acceptors (Lipinski definition) is 4. The number of carbonyl (C=O) groups excluding carboxylic acids is 1. The Hall–Kier alpha value is -1.82. The first-order valence-electron chi connectivity index (χ1n) is 9.52. The molecule has 1 heterocycles. The maximum Gasteiger partial charge on any atom is 0.234 e. The zero-order valence-corrected chi connectivity index (χ0v) is 16.7. The highest BCUT2D eigenvalue weighted by atomic mass is 32.2. The third-order valence-electron chi connectivity index (χ3n) is 5.24. The summed E-state index contributed by atoms with van der Waals surface area (Å²) in [7, 11) is 0. The Kier molecular flexibility index (Phi) is 6.35. The van der Waals surface area contributed by atoms with Gasteiger partial charge in [0.2, 0.25) is 5.91 Å². The van der Waals surface area contributed by atoms with Crippen molar-refractivity contribution in [3.63, 3.8) is 0 Å². The molecule has 2 aromatic rings. The molecule has 0 spiro atoms. The second-order valence-corrected chi connectivity index (χ2v) is 7.95. The van der Waals surface area contributed by atoms with Crippen LogP contribution in [0, 0.1) is 13.8 Å². The molecule has 0 atom stereocenters. The van der Waals surface area contributed by atoms with Gasteiger partial charge in [-0.1, -0.05) is 43.2 Å². The van der Waals surface area contributed by atoms with Gasteiger partial charge in [-0.15, -0.1) is 10.2 Å². The SMILES string of the molecule is CCn1c(SCC(=O)Nc2cccc(C)c2C)nnc1C1CCCCC1. The Morgan fingerprint density at radius 3 is 2.73 bits per heavy atom. The lowest BCUT2D eigenvalue weighted by Gasteiger charge is -2.21. The number of nitrogens with zero attached hydrogens (tertiary/aromatic N) is 3. The molecule has 1 saturated carbocycles. The molecule has 140 valence electrons. The number of aromatic nitrogens is 3. The van der Waals surface area contributed by atoms with E-state index < -0.39 is 0 Å². The zero-order chi connectivity index (χ0) is 18.5. The zero-order valence-electron chi connectivity index (χ0n) is 15.9. The van der Waals surface area contributed by atoms with Crippen LogP contribution in [0.3, 0.4) is 0 Å². The standard InChI is InChI=1S/C20H28N4OS/c1-4-24-19(16-10-6-5-7-11-16)22-23-20(24)26-13-18(25)21-17-12-8-9-14(2)15(17)3/h8-9,12,16H,4-7,10-11,13H2,1-3H3,(H,21,25).